The van der Waals surface area contributed by atoms with Crippen molar-refractivity contribution in [2.45, 2.75) is 65.5 Å². The lowest BCUT2D eigenvalue weighted by atomic mass is 11.3. The third-order valence-corrected chi connectivity index (χ3v) is 13.2. The van der Waals surface area contributed by atoms with Crippen molar-refractivity contribution in [1.82, 2.24) is 0 Å². The molecule has 0 rings (SSSR count). The Balaban J connectivity index is 0. The van der Waals surface area contributed by atoms with Crippen LogP contribution in [0.25, 0.3) is 0 Å². The van der Waals surface area contributed by atoms with Crippen LogP contribution in [0.1, 0.15) is 0 Å². The van der Waals surface area contributed by atoms with Crippen molar-refractivity contribution in [3.05, 3.63) is 24.6 Å². The summed E-state index contributed by atoms with van der Waals surface area (Å²) in [5.74, 6) is 0. The fourth-order valence-electron chi connectivity index (χ4n) is 1.68. The van der Waals surface area contributed by atoms with E-state index in [2.05, 4.69) is 78.6 Å². The van der Waals surface area contributed by atoms with Crippen LogP contribution in [0, 0.1) is 0 Å². The largest absolute Gasteiger partial charge is 0.456 e. The normalized spacial score (nSPS) is 13.3. The fourth-order valence-corrected chi connectivity index (χ4v) is 15.1. The summed E-state index contributed by atoms with van der Waals surface area (Å²) < 4.78 is 11.9. The quantitative estimate of drug-likeness (QED) is 0.587. The molecule has 0 aromatic heterocycles. The molecule has 20 heavy (non-hydrogen) atoms. The van der Waals surface area contributed by atoms with Crippen LogP contribution in [-0.4, -0.2) is 33.3 Å². The zero-order valence-electron chi connectivity index (χ0n) is 15.4. The van der Waals surface area contributed by atoms with Gasteiger partial charge in [0.2, 0.25) is 0 Å². The smallest absolute Gasteiger partial charge is 0.198 e. The molecule has 0 spiro atoms. The van der Waals surface area contributed by atoms with Crippen LogP contribution in [0.2, 0.25) is 65.5 Å². The molecule has 0 fully saturated rings. The Bertz CT molecular complexity index is 282. The van der Waals surface area contributed by atoms with Gasteiger partial charge in [-0.05, 0) is 65.5 Å². The Morgan fingerprint density at radius 3 is 0.900 bits per heavy atom. The van der Waals surface area contributed by atoms with Crippen LogP contribution in [0.15, 0.2) is 24.6 Å². The molecule has 0 unspecified atom stereocenters. The summed E-state index contributed by atoms with van der Waals surface area (Å²) in [6.07, 6.45) is 0. The maximum absolute atomic E-state index is 5.97. The van der Waals surface area contributed by atoms with E-state index in [0.29, 0.717) is 0 Å². The molecule has 0 heterocycles. The van der Waals surface area contributed by atoms with E-state index in [-0.39, 0.29) is 0 Å². The van der Waals surface area contributed by atoms with Crippen LogP contribution in [-0.2, 0) is 8.23 Å². The lowest BCUT2D eigenvalue weighted by Crippen LogP contribution is -2.41. The van der Waals surface area contributed by atoms with E-state index in [1.807, 2.05) is 11.4 Å². The van der Waals surface area contributed by atoms with Gasteiger partial charge in [0.15, 0.2) is 33.3 Å². The maximum atomic E-state index is 5.97. The molecule has 0 atom stereocenters. The molecule has 2 nitrogen and oxygen atoms in total. The summed E-state index contributed by atoms with van der Waals surface area (Å²) in [5, 5.41) is 0. The summed E-state index contributed by atoms with van der Waals surface area (Å²) in [5.41, 5.74) is 3.93. The highest BCUT2D eigenvalue weighted by atomic mass is 28.4. The van der Waals surface area contributed by atoms with Crippen molar-refractivity contribution in [2.75, 3.05) is 0 Å². The molecule has 0 aliphatic heterocycles. The summed E-state index contributed by atoms with van der Waals surface area (Å²) in [6.45, 7) is 29.6. The van der Waals surface area contributed by atoms with Crippen LogP contribution in [0.3, 0.4) is 0 Å². The first-order valence-corrected chi connectivity index (χ1v) is 20.0. The molecule has 0 aliphatic carbocycles. The molecule has 0 saturated heterocycles. The molecular formula is C14H36O2Si4. The van der Waals surface area contributed by atoms with Crippen LogP contribution in [0.5, 0.6) is 0 Å². The van der Waals surface area contributed by atoms with Crippen molar-refractivity contribution in [1.29, 1.82) is 0 Å². The Morgan fingerprint density at radius 2 is 0.800 bits per heavy atom. The first-order valence-electron chi connectivity index (χ1n) is 7.21. The van der Waals surface area contributed by atoms with Gasteiger partial charge in [0.25, 0.3) is 0 Å². The van der Waals surface area contributed by atoms with Gasteiger partial charge in [-0.15, -0.1) is 13.2 Å². The highest BCUT2D eigenvalue weighted by Gasteiger charge is 2.27. The first kappa shape index (κ1) is 22.5. The predicted octanol–water partition coefficient (Wildman–Crippen LogP) is 5.54. The third kappa shape index (κ3) is 16.3. The van der Waals surface area contributed by atoms with E-state index >= 15 is 0 Å². The summed E-state index contributed by atoms with van der Waals surface area (Å²) >= 11 is 0. The molecule has 120 valence electrons. The number of hydrogen-bond donors (Lipinski definition) is 0. The maximum Gasteiger partial charge on any atom is 0.198 e. The standard InChI is InChI=1S/C8H18OSi2.C6H18OSi2/c1-7-10(3,4)9-11(5,6)8-2;1-8(2,3)7-9(4,5)6/h7-8H,1-2H2,3-6H3;1-6H3. The van der Waals surface area contributed by atoms with Gasteiger partial charge in [0.05, 0.1) is 0 Å². The van der Waals surface area contributed by atoms with Crippen molar-refractivity contribution in [3.8, 4) is 0 Å². The Kier molecular flexibility index (Phi) is 9.07. The van der Waals surface area contributed by atoms with Gasteiger partial charge in [0.1, 0.15) is 0 Å². The molecule has 0 aromatic carbocycles. The Labute approximate surface area is 131 Å². The second-order valence-electron chi connectivity index (χ2n) is 8.04. The van der Waals surface area contributed by atoms with Gasteiger partial charge in [-0.3, -0.25) is 0 Å². The molecule has 0 N–H and O–H groups in total. The second-order valence-corrected chi connectivity index (χ2v) is 25.4. The van der Waals surface area contributed by atoms with E-state index < -0.39 is 33.3 Å². The van der Waals surface area contributed by atoms with E-state index in [1.54, 1.807) is 0 Å². The molecule has 6 heteroatoms. The van der Waals surface area contributed by atoms with Crippen LogP contribution >= 0.6 is 0 Å². The highest BCUT2D eigenvalue weighted by molar-refractivity contribution is 6.89. The van der Waals surface area contributed by atoms with Gasteiger partial charge in [-0.1, -0.05) is 11.4 Å². The van der Waals surface area contributed by atoms with Crippen molar-refractivity contribution < 1.29 is 8.23 Å². The number of hydrogen-bond acceptors (Lipinski definition) is 2. The van der Waals surface area contributed by atoms with Crippen molar-refractivity contribution in [3.63, 3.8) is 0 Å². The van der Waals surface area contributed by atoms with Crippen molar-refractivity contribution in [2.24, 2.45) is 0 Å². The number of rotatable bonds is 6. The zero-order chi connectivity index (χ0) is 16.8. The highest BCUT2D eigenvalue weighted by Crippen LogP contribution is 2.15. The van der Waals surface area contributed by atoms with Gasteiger partial charge in [-0.25, -0.2) is 0 Å². The van der Waals surface area contributed by atoms with Gasteiger partial charge in [0, 0.05) is 0 Å². The average molecular weight is 349 g/mol. The van der Waals surface area contributed by atoms with E-state index in [4.69, 9.17) is 8.23 Å². The monoisotopic (exact) mass is 348 g/mol. The summed E-state index contributed by atoms with van der Waals surface area (Å²) in [7, 11) is -5.62. The van der Waals surface area contributed by atoms with Crippen LogP contribution < -0.4 is 0 Å². The lowest BCUT2D eigenvalue weighted by molar-refractivity contribution is 0.559. The minimum absolute atomic E-state index is 1.23. The van der Waals surface area contributed by atoms with Crippen molar-refractivity contribution >= 4 is 33.3 Å². The van der Waals surface area contributed by atoms with Crippen LogP contribution in [0.4, 0.5) is 0 Å². The molecule has 0 saturated carbocycles. The molecular weight excluding hydrogens is 312 g/mol. The fraction of sp³-hybridized carbons (Fsp3) is 0.714. The van der Waals surface area contributed by atoms with E-state index in [0.717, 1.165) is 0 Å². The SMILES string of the molecule is C=C[Si](C)(C)O[Si](C)(C)C=C.C[Si](C)(C)O[Si](C)(C)C. The Hall–Kier alpha value is 0.268. The summed E-state index contributed by atoms with van der Waals surface area (Å²) in [6, 6.07) is 0. The lowest BCUT2D eigenvalue weighted by Gasteiger charge is -2.29. The summed E-state index contributed by atoms with van der Waals surface area (Å²) in [4.78, 5) is 0. The molecule has 0 aromatic rings. The topological polar surface area (TPSA) is 18.5 Å². The van der Waals surface area contributed by atoms with Gasteiger partial charge in [-0.2, -0.15) is 0 Å². The van der Waals surface area contributed by atoms with Gasteiger partial charge >= 0.3 is 0 Å². The van der Waals surface area contributed by atoms with E-state index in [1.165, 1.54) is 0 Å². The average Bonchev–Trinajstić information content (AvgIpc) is 2.11. The minimum Gasteiger partial charge on any atom is -0.456 e. The molecule has 0 aliphatic rings. The second kappa shape index (κ2) is 8.05. The third-order valence-electron chi connectivity index (χ3n) is 2.12. The zero-order valence-corrected chi connectivity index (χ0v) is 19.4. The molecule has 0 radical (unpaired) electrons. The Morgan fingerprint density at radius 1 is 0.550 bits per heavy atom. The van der Waals surface area contributed by atoms with Gasteiger partial charge < -0.3 is 8.23 Å². The first-order chi connectivity index (χ1) is 8.54. The molecule has 0 bridgehead atoms. The predicted molar refractivity (Wildman–Crippen MR) is 104 cm³/mol. The van der Waals surface area contributed by atoms with E-state index in [9.17, 15) is 0 Å². The minimum atomic E-state index is -1.58. The molecule has 0 amide bonds.